The van der Waals surface area contributed by atoms with E-state index in [1.807, 2.05) is 0 Å². The first-order valence-corrected chi connectivity index (χ1v) is 12.3. The lowest BCUT2D eigenvalue weighted by molar-refractivity contribution is -0.120. The van der Waals surface area contributed by atoms with E-state index in [9.17, 15) is 27.6 Å². The molecule has 35 heavy (non-hydrogen) atoms. The lowest BCUT2D eigenvalue weighted by Crippen LogP contribution is -2.37. The van der Waals surface area contributed by atoms with E-state index >= 15 is 0 Å². The number of halogens is 3. The average Bonchev–Trinajstić information content (AvgIpc) is 3.61. The molecule has 2 aromatic rings. The average molecular weight is 505 g/mol. The van der Waals surface area contributed by atoms with Crippen LogP contribution in [0.15, 0.2) is 47.5 Å². The number of anilines is 1. The standard InChI is InChI=1S/C24H23F3N4O3S/c25-24(26,27)35-18-6-4-17(5-7-18)31-21(33)23(9-10-23)30(22(31)34)15-16-8-11-28-19(14-16)20(32)29-12-2-1-3-13-29/h4-8,11,14H,1-3,9-10,12-13,15H2. The highest BCUT2D eigenvalue weighted by Crippen LogP contribution is 2.50. The number of amides is 4. The normalized spacial score (nSPS) is 19.6. The van der Waals surface area contributed by atoms with Gasteiger partial charge in [-0.15, -0.1) is 0 Å². The summed E-state index contributed by atoms with van der Waals surface area (Å²) in [5, 5.41) is 0. The maximum absolute atomic E-state index is 13.3. The first-order chi connectivity index (χ1) is 16.7. The van der Waals surface area contributed by atoms with Crippen LogP contribution in [0.25, 0.3) is 0 Å². The van der Waals surface area contributed by atoms with Crippen molar-refractivity contribution in [2.24, 2.45) is 0 Å². The summed E-state index contributed by atoms with van der Waals surface area (Å²) in [6, 6.07) is 8.05. The fourth-order valence-corrected chi connectivity index (χ4v) is 5.23. The van der Waals surface area contributed by atoms with Gasteiger partial charge in [-0.25, -0.2) is 9.69 Å². The van der Waals surface area contributed by atoms with Crippen LogP contribution in [-0.2, 0) is 11.3 Å². The zero-order valence-electron chi connectivity index (χ0n) is 18.8. The fraction of sp³-hybridized carbons (Fsp3) is 0.417. The molecular weight excluding hydrogens is 481 g/mol. The molecule has 5 rings (SSSR count). The van der Waals surface area contributed by atoms with Crippen molar-refractivity contribution in [2.75, 3.05) is 18.0 Å². The zero-order valence-corrected chi connectivity index (χ0v) is 19.6. The van der Waals surface area contributed by atoms with Crippen molar-refractivity contribution in [3.8, 4) is 0 Å². The molecule has 11 heteroatoms. The molecule has 4 amide bonds. The Bertz CT molecular complexity index is 1160. The SMILES string of the molecule is O=C(c1cc(CN2C(=O)N(c3ccc(SC(F)(F)F)cc3)C(=O)C23CC3)ccn1)N1CCCCC1. The summed E-state index contributed by atoms with van der Waals surface area (Å²) < 4.78 is 37.9. The highest BCUT2D eigenvalue weighted by atomic mass is 32.2. The van der Waals surface area contributed by atoms with Crippen LogP contribution in [0.1, 0.15) is 48.2 Å². The van der Waals surface area contributed by atoms with Crippen molar-refractivity contribution in [3.05, 3.63) is 53.9 Å². The molecular formula is C24H23F3N4O3S. The molecule has 1 spiro atoms. The van der Waals surface area contributed by atoms with Crippen LogP contribution in [0.5, 0.6) is 0 Å². The molecule has 0 bridgehead atoms. The number of thioether (sulfide) groups is 1. The van der Waals surface area contributed by atoms with Crippen LogP contribution >= 0.6 is 11.8 Å². The van der Waals surface area contributed by atoms with Crippen LogP contribution in [0.3, 0.4) is 0 Å². The monoisotopic (exact) mass is 504 g/mol. The minimum absolute atomic E-state index is 0.0268. The molecule has 1 saturated carbocycles. The Hall–Kier alpha value is -3.08. The van der Waals surface area contributed by atoms with E-state index in [-0.39, 0.29) is 40.7 Å². The van der Waals surface area contributed by atoms with Gasteiger partial charge in [0.05, 0.1) is 5.69 Å². The van der Waals surface area contributed by atoms with Crippen molar-refractivity contribution in [3.63, 3.8) is 0 Å². The molecule has 1 aromatic heterocycles. The van der Waals surface area contributed by atoms with Gasteiger partial charge < -0.3 is 9.80 Å². The van der Waals surface area contributed by atoms with Crippen LogP contribution < -0.4 is 4.90 Å². The summed E-state index contributed by atoms with van der Waals surface area (Å²) in [6.45, 7) is 1.52. The number of aromatic nitrogens is 1. The van der Waals surface area contributed by atoms with Crippen molar-refractivity contribution in [1.82, 2.24) is 14.8 Å². The fourth-order valence-electron chi connectivity index (χ4n) is 4.69. The number of piperidine rings is 1. The van der Waals surface area contributed by atoms with E-state index in [0.717, 1.165) is 24.2 Å². The number of alkyl halides is 3. The Morgan fingerprint density at radius 1 is 1.03 bits per heavy atom. The molecule has 2 aliphatic heterocycles. The lowest BCUT2D eigenvalue weighted by Gasteiger charge is -2.26. The number of rotatable bonds is 5. The third-order valence-electron chi connectivity index (χ3n) is 6.62. The second kappa shape index (κ2) is 8.85. The van der Waals surface area contributed by atoms with Gasteiger partial charge in [0.2, 0.25) is 0 Å². The number of urea groups is 1. The molecule has 3 aliphatic rings. The number of hydrogen-bond acceptors (Lipinski definition) is 5. The zero-order chi connectivity index (χ0) is 24.8. The van der Waals surface area contributed by atoms with Crippen LogP contribution in [0.4, 0.5) is 23.7 Å². The van der Waals surface area contributed by atoms with E-state index in [1.54, 1.807) is 17.0 Å². The third kappa shape index (κ3) is 4.61. The van der Waals surface area contributed by atoms with Crippen LogP contribution in [0, 0.1) is 0 Å². The summed E-state index contributed by atoms with van der Waals surface area (Å²) in [7, 11) is 0. The van der Waals surface area contributed by atoms with Gasteiger partial charge in [0.1, 0.15) is 11.2 Å². The number of carbonyl (C=O) groups is 3. The largest absolute Gasteiger partial charge is 0.446 e. The van der Waals surface area contributed by atoms with Gasteiger partial charge in [0.15, 0.2) is 0 Å². The minimum Gasteiger partial charge on any atom is -0.337 e. The Morgan fingerprint density at radius 3 is 2.34 bits per heavy atom. The number of benzene rings is 1. The summed E-state index contributed by atoms with van der Waals surface area (Å²) in [6.07, 6.45) is 5.59. The van der Waals surface area contributed by atoms with Gasteiger partial charge in [-0.05, 0) is 85.8 Å². The van der Waals surface area contributed by atoms with Gasteiger partial charge in [-0.3, -0.25) is 14.6 Å². The number of imide groups is 1. The highest BCUT2D eigenvalue weighted by Gasteiger charge is 2.65. The summed E-state index contributed by atoms with van der Waals surface area (Å²) in [5.74, 6) is -0.521. The van der Waals surface area contributed by atoms with E-state index in [1.165, 1.54) is 35.4 Å². The van der Waals surface area contributed by atoms with Gasteiger partial charge in [-0.2, -0.15) is 13.2 Å². The second-order valence-corrected chi connectivity index (χ2v) is 10.1. The minimum atomic E-state index is -4.42. The molecule has 3 heterocycles. The van der Waals surface area contributed by atoms with Crippen LogP contribution in [0.2, 0.25) is 0 Å². The predicted molar refractivity (Wildman–Crippen MR) is 123 cm³/mol. The molecule has 0 unspecified atom stereocenters. The van der Waals surface area contributed by atoms with E-state index in [2.05, 4.69) is 4.98 Å². The molecule has 1 aromatic carbocycles. The Labute approximate surface area is 204 Å². The van der Waals surface area contributed by atoms with Gasteiger partial charge >= 0.3 is 11.5 Å². The molecule has 0 radical (unpaired) electrons. The van der Waals surface area contributed by atoms with Crippen molar-refractivity contribution < 1.29 is 27.6 Å². The smallest absolute Gasteiger partial charge is 0.337 e. The molecule has 7 nitrogen and oxygen atoms in total. The second-order valence-electron chi connectivity index (χ2n) is 8.98. The third-order valence-corrected chi connectivity index (χ3v) is 7.36. The van der Waals surface area contributed by atoms with E-state index < -0.39 is 17.1 Å². The topological polar surface area (TPSA) is 73.8 Å². The number of pyridine rings is 1. The predicted octanol–water partition coefficient (Wildman–Crippen LogP) is 4.82. The number of likely N-dealkylation sites (tertiary alicyclic amines) is 1. The first-order valence-electron chi connectivity index (χ1n) is 11.4. The molecule has 0 N–H and O–H groups in total. The van der Waals surface area contributed by atoms with E-state index in [0.29, 0.717) is 37.2 Å². The summed E-state index contributed by atoms with van der Waals surface area (Å²) in [4.78, 5) is 47.9. The highest BCUT2D eigenvalue weighted by molar-refractivity contribution is 8.00. The van der Waals surface area contributed by atoms with E-state index in [4.69, 9.17) is 0 Å². The molecule has 1 aliphatic carbocycles. The summed E-state index contributed by atoms with van der Waals surface area (Å²) in [5.41, 5.74) is -4.14. The summed E-state index contributed by atoms with van der Waals surface area (Å²) >= 11 is -0.254. The molecule has 0 atom stereocenters. The van der Waals surface area contributed by atoms with Crippen molar-refractivity contribution >= 4 is 35.3 Å². The molecule has 2 saturated heterocycles. The first kappa shape index (κ1) is 23.7. The number of nitrogens with zero attached hydrogens (tertiary/aromatic N) is 4. The van der Waals surface area contributed by atoms with Gasteiger partial charge in [0.25, 0.3) is 11.8 Å². The Kier molecular flexibility index (Phi) is 5.98. The van der Waals surface area contributed by atoms with Gasteiger partial charge in [-0.1, -0.05) is 0 Å². The number of carbonyl (C=O) groups excluding carboxylic acids is 3. The van der Waals surface area contributed by atoms with Crippen molar-refractivity contribution in [2.45, 2.75) is 54.6 Å². The Morgan fingerprint density at radius 2 is 1.71 bits per heavy atom. The van der Waals surface area contributed by atoms with Crippen LogP contribution in [-0.4, -0.2) is 56.8 Å². The maximum Gasteiger partial charge on any atom is 0.446 e. The molecule has 3 fully saturated rings. The lowest BCUT2D eigenvalue weighted by atomic mass is 10.1. The quantitative estimate of drug-likeness (QED) is 0.431. The number of hydrogen-bond donors (Lipinski definition) is 0. The maximum atomic E-state index is 13.3. The Balaban J connectivity index is 1.35. The molecule has 184 valence electrons. The van der Waals surface area contributed by atoms with Gasteiger partial charge in [0, 0.05) is 30.7 Å². The van der Waals surface area contributed by atoms with Crippen molar-refractivity contribution in [1.29, 1.82) is 0 Å².